The van der Waals surface area contributed by atoms with Gasteiger partial charge in [0.05, 0.1) is 0 Å². The van der Waals surface area contributed by atoms with E-state index < -0.39 is 0 Å². The van der Waals surface area contributed by atoms with Gasteiger partial charge >= 0.3 is 0 Å². The second kappa shape index (κ2) is 3.86. The first-order valence-electron chi connectivity index (χ1n) is 5.96. The van der Waals surface area contributed by atoms with Crippen LogP contribution in [0.4, 0.5) is 0 Å². The average molecular weight is 218 g/mol. The van der Waals surface area contributed by atoms with Gasteiger partial charge in [-0.1, -0.05) is 30.3 Å². The number of benzene rings is 1. The lowest BCUT2D eigenvalue weighted by Gasteiger charge is -2.28. The van der Waals surface area contributed by atoms with Crippen LogP contribution in [0.2, 0.25) is 0 Å². The molecule has 0 radical (unpaired) electrons. The molecule has 4 atom stereocenters. The number of hydrogen-bond acceptors (Lipinski definition) is 1. The number of hydrogen-bond donors (Lipinski definition) is 0. The monoisotopic (exact) mass is 218 g/mol. The molecule has 1 heteroatoms. The second-order valence-electron chi connectivity index (χ2n) is 5.03. The summed E-state index contributed by atoms with van der Waals surface area (Å²) in [4.78, 5) is 0. The first-order chi connectivity index (χ1) is 7.38. The van der Waals surface area contributed by atoms with E-state index in [-0.39, 0.29) is 0 Å². The predicted octanol–water partition coefficient (Wildman–Crippen LogP) is 3.93. The minimum Gasteiger partial charge on any atom is -0.162 e. The van der Waals surface area contributed by atoms with Crippen molar-refractivity contribution in [3.63, 3.8) is 0 Å². The van der Waals surface area contributed by atoms with Crippen LogP contribution in [-0.4, -0.2) is 11.5 Å². The Bertz CT molecular complexity index is 332. The Balaban J connectivity index is 1.84. The molecule has 2 aliphatic rings. The van der Waals surface area contributed by atoms with Gasteiger partial charge in [0.2, 0.25) is 0 Å². The maximum Gasteiger partial charge on any atom is 0.00811 e. The van der Waals surface area contributed by atoms with Gasteiger partial charge in [-0.25, -0.2) is 0 Å². The molecule has 0 spiro atoms. The molecule has 2 fully saturated rings. The first kappa shape index (κ1) is 9.77. The number of fused-ring (bicyclic) bond motifs is 2. The molecule has 0 heterocycles. The van der Waals surface area contributed by atoms with Gasteiger partial charge in [0, 0.05) is 5.25 Å². The third-order valence-corrected chi connectivity index (χ3v) is 5.43. The molecule has 3 rings (SSSR count). The Hall–Kier alpha value is -0.430. The summed E-state index contributed by atoms with van der Waals surface area (Å²) >= 11 is 2.09. The number of thioether (sulfide) groups is 1. The van der Waals surface area contributed by atoms with Crippen LogP contribution in [0.3, 0.4) is 0 Å². The van der Waals surface area contributed by atoms with E-state index >= 15 is 0 Å². The van der Waals surface area contributed by atoms with Crippen LogP contribution in [0.5, 0.6) is 0 Å². The topological polar surface area (TPSA) is 0 Å². The maximum atomic E-state index is 2.32. The van der Waals surface area contributed by atoms with Crippen molar-refractivity contribution in [2.24, 2.45) is 11.8 Å². The normalized spacial score (nSPS) is 38.5. The Kier molecular flexibility index (Phi) is 2.51. The zero-order chi connectivity index (χ0) is 10.3. The van der Waals surface area contributed by atoms with Crippen LogP contribution in [0.25, 0.3) is 0 Å². The van der Waals surface area contributed by atoms with E-state index in [0.717, 1.165) is 23.0 Å². The van der Waals surface area contributed by atoms with Gasteiger partial charge in [-0.15, -0.1) is 0 Å². The molecule has 0 aromatic heterocycles. The lowest BCUT2D eigenvalue weighted by atomic mass is 9.83. The molecule has 0 N–H and O–H groups in total. The summed E-state index contributed by atoms with van der Waals surface area (Å²) in [7, 11) is 0. The summed E-state index contributed by atoms with van der Waals surface area (Å²) in [6.45, 7) is 0. The zero-order valence-electron chi connectivity index (χ0n) is 9.23. The van der Waals surface area contributed by atoms with E-state index in [1.54, 1.807) is 5.56 Å². The molecule has 0 nitrogen and oxygen atoms in total. The molecule has 2 saturated carbocycles. The van der Waals surface area contributed by atoms with Crippen LogP contribution in [0.1, 0.15) is 30.7 Å². The third kappa shape index (κ3) is 1.61. The SMILES string of the molecule is CS[C@H]1C[C@H]2C[C@@H]1[C@@H](c1ccccc1)C2. The molecule has 0 amide bonds. The molecule has 80 valence electrons. The quantitative estimate of drug-likeness (QED) is 0.724. The van der Waals surface area contributed by atoms with Crippen LogP contribution < -0.4 is 0 Å². The lowest BCUT2D eigenvalue weighted by Crippen LogP contribution is -2.20. The Morgan fingerprint density at radius 3 is 2.53 bits per heavy atom. The van der Waals surface area contributed by atoms with Gasteiger partial charge in [0.1, 0.15) is 0 Å². The highest BCUT2D eigenvalue weighted by atomic mass is 32.2. The van der Waals surface area contributed by atoms with Crippen LogP contribution >= 0.6 is 11.8 Å². The highest BCUT2D eigenvalue weighted by Crippen LogP contribution is 2.55. The molecule has 0 saturated heterocycles. The minimum absolute atomic E-state index is 0.863. The molecular formula is C14H18S. The molecular weight excluding hydrogens is 200 g/mol. The smallest absolute Gasteiger partial charge is 0.00811 e. The fraction of sp³-hybridized carbons (Fsp3) is 0.571. The van der Waals surface area contributed by atoms with E-state index in [1.165, 1.54) is 19.3 Å². The van der Waals surface area contributed by atoms with Gasteiger partial charge in [0.15, 0.2) is 0 Å². The second-order valence-corrected chi connectivity index (χ2v) is 6.11. The summed E-state index contributed by atoms with van der Waals surface area (Å²) in [5, 5.41) is 0.939. The van der Waals surface area contributed by atoms with Crippen molar-refractivity contribution in [3.05, 3.63) is 35.9 Å². The summed E-state index contributed by atoms with van der Waals surface area (Å²) in [5.41, 5.74) is 1.59. The summed E-state index contributed by atoms with van der Waals surface area (Å²) in [5.74, 6) is 2.85. The highest BCUT2D eigenvalue weighted by molar-refractivity contribution is 7.99. The van der Waals surface area contributed by atoms with Crippen LogP contribution in [0, 0.1) is 11.8 Å². The van der Waals surface area contributed by atoms with Gasteiger partial charge in [-0.2, -0.15) is 11.8 Å². The van der Waals surface area contributed by atoms with Crippen molar-refractivity contribution < 1.29 is 0 Å². The first-order valence-corrected chi connectivity index (χ1v) is 7.25. The highest BCUT2D eigenvalue weighted by Gasteiger charge is 2.45. The molecule has 0 aliphatic heterocycles. The Morgan fingerprint density at radius 2 is 1.87 bits per heavy atom. The van der Waals surface area contributed by atoms with E-state index in [4.69, 9.17) is 0 Å². The molecule has 1 aromatic rings. The molecule has 15 heavy (non-hydrogen) atoms. The van der Waals surface area contributed by atoms with E-state index in [0.29, 0.717) is 0 Å². The lowest BCUT2D eigenvalue weighted by molar-refractivity contribution is 0.431. The van der Waals surface area contributed by atoms with Crippen molar-refractivity contribution in [3.8, 4) is 0 Å². The van der Waals surface area contributed by atoms with E-state index in [2.05, 4.69) is 48.3 Å². The number of rotatable bonds is 2. The van der Waals surface area contributed by atoms with Crippen molar-refractivity contribution in [2.75, 3.05) is 6.26 Å². The van der Waals surface area contributed by atoms with E-state index in [1.807, 2.05) is 0 Å². The maximum absolute atomic E-state index is 2.32. The van der Waals surface area contributed by atoms with Crippen LogP contribution in [0.15, 0.2) is 30.3 Å². The Labute approximate surface area is 96.5 Å². The van der Waals surface area contributed by atoms with Gasteiger partial charge < -0.3 is 0 Å². The summed E-state index contributed by atoms with van der Waals surface area (Å²) in [6.07, 6.45) is 6.71. The van der Waals surface area contributed by atoms with Gasteiger partial charge in [-0.3, -0.25) is 0 Å². The molecule has 0 unspecified atom stereocenters. The van der Waals surface area contributed by atoms with Crippen molar-refractivity contribution in [2.45, 2.75) is 30.4 Å². The largest absolute Gasteiger partial charge is 0.162 e. The standard InChI is InChI=1S/C14H18S/c1-15-14-9-10-7-12(13(14)8-10)11-5-3-2-4-6-11/h2-6,10,12-14H,7-9H2,1H3/t10-,12-,13-,14+/m1/s1. The molecule has 2 aliphatic carbocycles. The molecule has 2 bridgehead atoms. The van der Waals surface area contributed by atoms with Crippen molar-refractivity contribution in [1.29, 1.82) is 0 Å². The van der Waals surface area contributed by atoms with E-state index in [9.17, 15) is 0 Å². The molecule has 1 aromatic carbocycles. The van der Waals surface area contributed by atoms with Crippen molar-refractivity contribution in [1.82, 2.24) is 0 Å². The minimum atomic E-state index is 0.863. The third-order valence-electron chi connectivity index (χ3n) is 4.28. The van der Waals surface area contributed by atoms with Gasteiger partial charge in [-0.05, 0) is 48.8 Å². The predicted molar refractivity (Wildman–Crippen MR) is 67.3 cm³/mol. The summed E-state index contributed by atoms with van der Waals surface area (Å²) in [6, 6.07) is 11.2. The van der Waals surface area contributed by atoms with Crippen molar-refractivity contribution >= 4 is 11.8 Å². The summed E-state index contributed by atoms with van der Waals surface area (Å²) < 4.78 is 0. The Morgan fingerprint density at radius 1 is 1.07 bits per heavy atom. The van der Waals surface area contributed by atoms with Gasteiger partial charge in [0.25, 0.3) is 0 Å². The van der Waals surface area contributed by atoms with Crippen LogP contribution in [-0.2, 0) is 0 Å². The fourth-order valence-electron chi connectivity index (χ4n) is 3.64. The average Bonchev–Trinajstić information content (AvgIpc) is 2.89. The zero-order valence-corrected chi connectivity index (χ0v) is 10.0. The fourth-order valence-corrected chi connectivity index (χ4v) is 4.76.